The molecule has 2 nitrogen and oxygen atoms in total. The number of aromatic nitrogens is 1. The normalized spacial score (nSPS) is 10.3. The van der Waals surface area contributed by atoms with Crippen molar-refractivity contribution in [3.05, 3.63) is 39.9 Å². The second-order valence-electron chi connectivity index (χ2n) is 3.14. The average Bonchev–Trinajstić information content (AvgIpc) is 2.70. The maximum Gasteiger partial charge on any atom is 0.160 e. The van der Waals surface area contributed by atoms with Crippen molar-refractivity contribution in [3.8, 4) is 10.6 Å². The highest BCUT2D eigenvalue weighted by Gasteiger charge is 2.05. The standard InChI is InChI=1S/C11H8ClNOS/c1-7-4-10(13-5-9(7)12)11-3-2-8(6-14)15-11/h2-6H,1H3. The minimum Gasteiger partial charge on any atom is -0.297 e. The lowest BCUT2D eigenvalue weighted by Gasteiger charge is -1.99. The number of pyridine rings is 1. The Hall–Kier alpha value is -1.19. The smallest absolute Gasteiger partial charge is 0.160 e. The van der Waals surface area contributed by atoms with Crippen LogP contribution in [0.5, 0.6) is 0 Å². The molecule has 0 amide bonds. The highest BCUT2D eigenvalue weighted by molar-refractivity contribution is 7.17. The largest absolute Gasteiger partial charge is 0.297 e. The Balaban J connectivity index is 2.44. The molecule has 2 rings (SSSR count). The molecule has 0 aliphatic heterocycles. The van der Waals surface area contributed by atoms with Crippen molar-refractivity contribution in [1.82, 2.24) is 4.98 Å². The van der Waals surface area contributed by atoms with Crippen LogP contribution in [0.25, 0.3) is 10.6 Å². The van der Waals surface area contributed by atoms with E-state index in [1.54, 1.807) is 12.3 Å². The van der Waals surface area contributed by atoms with Gasteiger partial charge in [-0.1, -0.05) is 11.6 Å². The first-order valence-electron chi connectivity index (χ1n) is 4.38. The maximum atomic E-state index is 10.5. The molecule has 0 aromatic carbocycles. The van der Waals surface area contributed by atoms with Crippen LogP contribution in [0, 0.1) is 6.92 Å². The average molecular weight is 238 g/mol. The Bertz CT molecular complexity index is 507. The minimum atomic E-state index is 0.658. The molecule has 2 aromatic rings. The lowest BCUT2D eigenvalue weighted by atomic mass is 10.2. The fraction of sp³-hybridized carbons (Fsp3) is 0.0909. The van der Waals surface area contributed by atoms with E-state index in [-0.39, 0.29) is 0 Å². The molecule has 2 heterocycles. The summed E-state index contributed by atoms with van der Waals surface area (Å²) in [4.78, 5) is 16.5. The highest BCUT2D eigenvalue weighted by atomic mass is 35.5. The monoisotopic (exact) mass is 237 g/mol. The number of thiophene rings is 1. The summed E-state index contributed by atoms with van der Waals surface area (Å²) in [6, 6.07) is 5.60. The van der Waals surface area contributed by atoms with Crippen LogP contribution < -0.4 is 0 Å². The zero-order chi connectivity index (χ0) is 10.8. The summed E-state index contributed by atoms with van der Waals surface area (Å²) in [6.07, 6.45) is 2.48. The molecular formula is C11H8ClNOS. The summed E-state index contributed by atoms with van der Waals surface area (Å²) in [7, 11) is 0. The number of halogens is 1. The van der Waals surface area contributed by atoms with E-state index in [2.05, 4.69) is 4.98 Å². The van der Waals surface area contributed by atoms with Crippen molar-refractivity contribution < 1.29 is 4.79 Å². The predicted molar refractivity (Wildman–Crippen MR) is 62.7 cm³/mol. The lowest BCUT2D eigenvalue weighted by molar-refractivity contribution is 0.112. The Morgan fingerprint density at radius 3 is 2.87 bits per heavy atom. The molecule has 0 radical (unpaired) electrons. The van der Waals surface area contributed by atoms with Crippen LogP contribution >= 0.6 is 22.9 Å². The minimum absolute atomic E-state index is 0.658. The van der Waals surface area contributed by atoms with Gasteiger partial charge in [-0.05, 0) is 30.7 Å². The Kier molecular flexibility index (Phi) is 2.84. The molecule has 0 bridgehead atoms. The number of nitrogens with zero attached hydrogens (tertiary/aromatic N) is 1. The molecule has 76 valence electrons. The van der Waals surface area contributed by atoms with Gasteiger partial charge in [-0.3, -0.25) is 9.78 Å². The maximum absolute atomic E-state index is 10.5. The van der Waals surface area contributed by atoms with Gasteiger partial charge in [0, 0.05) is 6.20 Å². The number of rotatable bonds is 2. The summed E-state index contributed by atoms with van der Waals surface area (Å²) >= 11 is 7.31. The van der Waals surface area contributed by atoms with E-state index in [0.717, 1.165) is 22.4 Å². The molecule has 4 heteroatoms. The van der Waals surface area contributed by atoms with Gasteiger partial charge in [0.15, 0.2) is 6.29 Å². The van der Waals surface area contributed by atoms with Gasteiger partial charge in [0.25, 0.3) is 0 Å². The van der Waals surface area contributed by atoms with Crippen molar-refractivity contribution in [3.63, 3.8) is 0 Å². The second kappa shape index (κ2) is 4.13. The third-order valence-corrected chi connectivity index (χ3v) is 3.47. The predicted octanol–water partition coefficient (Wildman–Crippen LogP) is 3.58. The molecule has 15 heavy (non-hydrogen) atoms. The molecule has 0 saturated heterocycles. The fourth-order valence-corrected chi connectivity index (χ4v) is 2.12. The second-order valence-corrected chi connectivity index (χ2v) is 4.66. The summed E-state index contributed by atoms with van der Waals surface area (Å²) < 4.78 is 0. The molecule has 0 aliphatic rings. The first-order chi connectivity index (χ1) is 7.20. The van der Waals surface area contributed by atoms with Crippen LogP contribution in [-0.2, 0) is 0 Å². The van der Waals surface area contributed by atoms with Gasteiger partial charge in [0.05, 0.1) is 20.5 Å². The molecular weight excluding hydrogens is 230 g/mol. The molecule has 0 atom stereocenters. The van der Waals surface area contributed by atoms with E-state index in [4.69, 9.17) is 11.6 Å². The Morgan fingerprint density at radius 1 is 1.47 bits per heavy atom. The lowest BCUT2D eigenvalue weighted by Crippen LogP contribution is -1.82. The van der Waals surface area contributed by atoms with Gasteiger partial charge in [-0.25, -0.2) is 0 Å². The third kappa shape index (κ3) is 2.08. The number of carbonyl (C=O) groups is 1. The van der Waals surface area contributed by atoms with Crippen LogP contribution in [0.15, 0.2) is 24.4 Å². The Morgan fingerprint density at radius 2 is 2.27 bits per heavy atom. The molecule has 0 aliphatic carbocycles. The summed E-state index contributed by atoms with van der Waals surface area (Å²) in [5.41, 5.74) is 1.85. The van der Waals surface area contributed by atoms with E-state index in [0.29, 0.717) is 9.90 Å². The van der Waals surface area contributed by atoms with Crippen LogP contribution in [0.2, 0.25) is 5.02 Å². The van der Waals surface area contributed by atoms with Gasteiger partial charge in [-0.2, -0.15) is 0 Å². The first-order valence-corrected chi connectivity index (χ1v) is 5.57. The fourth-order valence-electron chi connectivity index (χ4n) is 1.23. The number of aryl methyl sites for hydroxylation is 1. The topological polar surface area (TPSA) is 30.0 Å². The molecule has 0 unspecified atom stereocenters. The van der Waals surface area contributed by atoms with Crippen LogP contribution in [0.1, 0.15) is 15.2 Å². The number of carbonyl (C=O) groups excluding carboxylic acids is 1. The quantitative estimate of drug-likeness (QED) is 0.748. The van der Waals surface area contributed by atoms with E-state index in [9.17, 15) is 4.79 Å². The van der Waals surface area contributed by atoms with Crippen molar-refractivity contribution in [2.24, 2.45) is 0 Å². The van der Waals surface area contributed by atoms with Crippen LogP contribution in [0.4, 0.5) is 0 Å². The Labute approximate surface area is 96.5 Å². The highest BCUT2D eigenvalue weighted by Crippen LogP contribution is 2.27. The van der Waals surface area contributed by atoms with Crippen LogP contribution in [-0.4, -0.2) is 11.3 Å². The van der Waals surface area contributed by atoms with Crippen molar-refractivity contribution >= 4 is 29.2 Å². The van der Waals surface area contributed by atoms with Crippen LogP contribution in [0.3, 0.4) is 0 Å². The molecule has 0 saturated carbocycles. The SMILES string of the molecule is Cc1cc(-c2ccc(C=O)s2)ncc1Cl. The molecule has 0 fully saturated rings. The first kappa shape index (κ1) is 10.3. The molecule has 2 aromatic heterocycles. The summed E-state index contributed by atoms with van der Waals surface area (Å²) in [6.45, 7) is 1.93. The van der Waals surface area contributed by atoms with E-state index in [1.165, 1.54) is 11.3 Å². The molecule has 0 N–H and O–H groups in total. The third-order valence-electron chi connectivity index (χ3n) is 2.04. The van der Waals surface area contributed by atoms with Crippen molar-refractivity contribution in [2.45, 2.75) is 6.92 Å². The number of hydrogen-bond donors (Lipinski definition) is 0. The summed E-state index contributed by atoms with van der Waals surface area (Å²) in [5.74, 6) is 0. The van der Waals surface area contributed by atoms with E-state index < -0.39 is 0 Å². The van der Waals surface area contributed by atoms with Gasteiger partial charge >= 0.3 is 0 Å². The number of aldehydes is 1. The van der Waals surface area contributed by atoms with Crippen molar-refractivity contribution in [2.75, 3.05) is 0 Å². The summed E-state index contributed by atoms with van der Waals surface area (Å²) in [5, 5.41) is 0.658. The zero-order valence-electron chi connectivity index (χ0n) is 8.03. The van der Waals surface area contributed by atoms with E-state index >= 15 is 0 Å². The van der Waals surface area contributed by atoms with Gasteiger partial charge in [-0.15, -0.1) is 11.3 Å². The zero-order valence-corrected chi connectivity index (χ0v) is 9.60. The number of hydrogen-bond acceptors (Lipinski definition) is 3. The van der Waals surface area contributed by atoms with E-state index in [1.807, 2.05) is 19.1 Å². The molecule has 0 spiro atoms. The van der Waals surface area contributed by atoms with Gasteiger partial charge < -0.3 is 0 Å². The van der Waals surface area contributed by atoms with Crippen molar-refractivity contribution in [1.29, 1.82) is 0 Å². The van der Waals surface area contributed by atoms with Gasteiger partial charge in [0.1, 0.15) is 0 Å². The van der Waals surface area contributed by atoms with Gasteiger partial charge in [0.2, 0.25) is 0 Å².